The molecule has 0 unspecified atom stereocenters. The molecule has 3 aromatic heterocycles. The summed E-state index contributed by atoms with van der Waals surface area (Å²) in [6.07, 6.45) is 8.80. The third-order valence-electron chi connectivity index (χ3n) is 10.5. The van der Waals surface area contributed by atoms with Crippen molar-refractivity contribution < 1.29 is 0 Å². The lowest BCUT2D eigenvalue weighted by Crippen LogP contribution is -2.04. The average Bonchev–Trinajstić information content (AvgIpc) is 3.73. The Balaban J connectivity index is 1.23. The molecule has 1 aliphatic rings. The van der Waals surface area contributed by atoms with Crippen LogP contribution in [0, 0.1) is 0 Å². The fraction of sp³-hybridized carbons (Fsp3) is 0.0435. The van der Waals surface area contributed by atoms with Crippen LogP contribution in [0.5, 0.6) is 0 Å². The second-order valence-corrected chi connectivity index (χ2v) is 14.4. The van der Waals surface area contributed by atoms with Crippen LogP contribution in [0.3, 0.4) is 0 Å². The molecule has 0 saturated heterocycles. The fourth-order valence-corrected chi connectivity index (χ4v) is 9.21. The van der Waals surface area contributed by atoms with E-state index in [1.807, 2.05) is 11.3 Å². The van der Waals surface area contributed by atoms with Crippen LogP contribution in [0.1, 0.15) is 18.4 Å². The number of hydrogen-bond donors (Lipinski definition) is 0. The highest BCUT2D eigenvalue weighted by atomic mass is 32.1. The van der Waals surface area contributed by atoms with Crippen LogP contribution in [-0.4, -0.2) is 14.5 Å². The van der Waals surface area contributed by atoms with E-state index in [1.165, 1.54) is 58.2 Å². The summed E-state index contributed by atoms with van der Waals surface area (Å²) in [6.45, 7) is 0. The molecular weight excluding hydrogens is 627 g/mol. The maximum atomic E-state index is 5.47. The number of aromatic nitrogens is 3. The minimum Gasteiger partial charge on any atom is -0.278 e. The lowest BCUT2D eigenvalue weighted by Gasteiger charge is -2.14. The topological polar surface area (TPSA) is 30.7 Å². The Morgan fingerprint density at radius 1 is 0.540 bits per heavy atom. The Kier molecular flexibility index (Phi) is 5.95. The third kappa shape index (κ3) is 4.09. The molecule has 7 aromatic carbocycles. The molecular formula is C46H29N3S. The van der Waals surface area contributed by atoms with Gasteiger partial charge in [0.15, 0.2) is 0 Å². The average molecular weight is 656 g/mol. The van der Waals surface area contributed by atoms with Gasteiger partial charge in [0.1, 0.15) is 0 Å². The zero-order valence-corrected chi connectivity index (χ0v) is 27.9. The van der Waals surface area contributed by atoms with Crippen LogP contribution in [0.4, 0.5) is 0 Å². The van der Waals surface area contributed by atoms with Crippen molar-refractivity contribution in [3.63, 3.8) is 0 Å². The van der Waals surface area contributed by atoms with Gasteiger partial charge in [-0.25, -0.2) is 9.97 Å². The Hall–Kier alpha value is -6.10. The third-order valence-corrected chi connectivity index (χ3v) is 11.6. The number of thiophene rings is 1. The molecule has 0 spiro atoms. The van der Waals surface area contributed by atoms with Crippen molar-refractivity contribution in [2.45, 2.75) is 12.8 Å². The van der Waals surface area contributed by atoms with E-state index in [9.17, 15) is 0 Å². The first-order valence-electron chi connectivity index (χ1n) is 17.2. The van der Waals surface area contributed by atoms with Crippen LogP contribution in [0.15, 0.2) is 152 Å². The Bertz CT molecular complexity index is 3090. The van der Waals surface area contributed by atoms with Crippen molar-refractivity contribution in [2.24, 2.45) is 0 Å². The van der Waals surface area contributed by atoms with Crippen LogP contribution < -0.4 is 0 Å². The molecule has 4 heteroatoms. The molecule has 0 atom stereocenters. The van der Waals surface area contributed by atoms with Gasteiger partial charge in [-0.2, -0.15) is 0 Å². The van der Waals surface area contributed by atoms with E-state index in [0.29, 0.717) is 5.95 Å². The van der Waals surface area contributed by atoms with E-state index in [1.54, 1.807) is 0 Å². The van der Waals surface area contributed by atoms with Crippen molar-refractivity contribution in [1.29, 1.82) is 0 Å². The first-order chi connectivity index (χ1) is 24.8. The molecule has 0 fully saturated rings. The van der Waals surface area contributed by atoms with Crippen LogP contribution in [-0.2, 0) is 0 Å². The highest BCUT2D eigenvalue weighted by Crippen LogP contribution is 2.42. The van der Waals surface area contributed by atoms with E-state index in [2.05, 4.69) is 156 Å². The standard InChI is InChI=1S/C46H29N3S/c1-2-10-28(11-3-1)29-18-20-31(21-19-29)44-36-24-22-30-12-4-5-13-33(30)45(36)48-46(47-44)49-39-16-8-6-14-34(39)38-26-32-23-25-42-43(37(32)27-40(38)49)35-15-7-9-17-41(35)50-42/h1-2,4-10,12-27H,3,11H2. The highest BCUT2D eigenvalue weighted by Gasteiger charge is 2.20. The van der Waals surface area contributed by atoms with Crippen LogP contribution >= 0.6 is 11.3 Å². The van der Waals surface area contributed by atoms with Crippen molar-refractivity contribution in [1.82, 2.24) is 14.5 Å². The molecule has 1 aliphatic carbocycles. The van der Waals surface area contributed by atoms with Gasteiger partial charge in [-0.05, 0) is 76.5 Å². The number of hydrogen-bond acceptors (Lipinski definition) is 3. The molecule has 0 radical (unpaired) electrons. The molecule has 11 rings (SSSR count). The molecule has 0 bridgehead atoms. The SMILES string of the molecule is C1=CCCC(c2ccc(-c3nc(-n4c5ccccc5c5cc6ccc7sc8ccccc8c7c6cc54)nc4c3ccc3ccccc34)cc2)=C1. The minimum atomic E-state index is 0.681. The van der Waals surface area contributed by atoms with Gasteiger partial charge in [-0.3, -0.25) is 4.57 Å². The smallest absolute Gasteiger partial charge is 0.235 e. The van der Waals surface area contributed by atoms with E-state index < -0.39 is 0 Å². The first-order valence-corrected chi connectivity index (χ1v) is 18.0. The molecule has 0 aliphatic heterocycles. The molecule has 234 valence electrons. The minimum absolute atomic E-state index is 0.681. The summed E-state index contributed by atoms with van der Waals surface area (Å²) in [5, 5.41) is 10.9. The Morgan fingerprint density at radius 2 is 1.32 bits per heavy atom. The quantitative estimate of drug-likeness (QED) is 0.177. The number of benzene rings is 7. The summed E-state index contributed by atoms with van der Waals surface area (Å²) in [5.74, 6) is 0.681. The summed E-state index contributed by atoms with van der Waals surface area (Å²) in [4.78, 5) is 10.9. The van der Waals surface area contributed by atoms with E-state index >= 15 is 0 Å². The molecule has 3 nitrogen and oxygen atoms in total. The van der Waals surface area contributed by atoms with Gasteiger partial charge in [0.25, 0.3) is 0 Å². The lowest BCUT2D eigenvalue weighted by molar-refractivity contribution is 1.02. The monoisotopic (exact) mass is 655 g/mol. The zero-order chi connectivity index (χ0) is 32.8. The number of para-hydroxylation sites is 1. The summed E-state index contributed by atoms with van der Waals surface area (Å²) < 4.78 is 4.91. The summed E-state index contributed by atoms with van der Waals surface area (Å²) in [5.41, 5.74) is 7.85. The second kappa shape index (κ2) is 10.7. The van der Waals surface area contributed by atoms with Gasteiger partial charge in [0.2, 0.25) is 5.95 Å². The Labute approximate surface area is 292 Å². The summed E-state index contributed by atoms with van der Waals surface area (Å²) in [6, 6.07) is 48.6. The summed E-state index contributed by atoms with van der Waals surface area (Å²) in [7, 11) is 0. The van der Waals surface area contributed by atoms with E-state index in [4.69, 9.17) is 9.97 Å². The normalized spacial score (nSPS) is 13.5. The zero-order valence-electron chi connectivity index (χ0n) is 27.1. The highest BCUT2D eigenvalue weighted by molar-refractivity contribution is 7.26. The number of fused-ring (bicyclic) bond motifs is 11. The molecule has 3 heterocycles. The van der Waals surface area contributed by atoms with Crippen molar-refractivity contribution in [3.8, 4) is 17.2 Å². The first kappa shape index (κ1) is 27.8. The Morgan fingerprint density at radius 3 is 2.20 bits per heavy atom. The van der Waals surface area contributed by atoms with Crippen molar-refractivity contribution in [3.05, 3.63) is 157 Å². The van der Waals surface area contributed by atoms with Crippen LogP contribution in [0.25, 0.3) is 97.2 Å². The number of nitrogens with zero attached hydrogens (tertiary/aromatic N) is 3. The maximum absolute atomic E-state index is 5.47. The molecule has 0 saturated carbocycles. The van der Waals surface area contributed by atoms with E-state index in [-0.39, 0.29) is 0 Å². The predicted molar refractivity (Wildman–Crippen MR) is 214 cm³/mol. The van der Waals surface area contributed by atoms with Gasteiger partial charge in [0, 0.05) is 47.3 Å². The largest absolute Gasteiger partial charge is 0.278 e. The molecule has 0 amide bonds. The van der Waals surface area contributed by atoms with Gasteiger partial charge in [-0.15, -0.1) is 11.3 Å². The predicted octanol–water partition coefficient (Wildman–Crippen LogP) is 12.8. The van der Waals surface area contributed by atoms with E-state index in [0.717, 1.165) is 51.4 Å². The lowest BCUT2D eigenvalue weighted by atomic mass is 9.95. The molecule has 10 aromatic rings. The van der Waals surface area contributed by atoms with Gasteiger partial charge in [-0.1, -0.05) is 115 Å². The van der Waals surface area contributed by atoms with Gasteiger partial charge >= 0.3 is 0 Å². The maximum Gasteiger partial charge on any atom is 0.235 e. The molecule has 50 heavy (non-hydrogen) atoms. The summed E-state index contributed by atoms with van der Waals surface area (Å²) >= 11 is 1.86. The van der Waals surface area contributed by atoms with Gasteiger partial charge < -0.3 is 0 Å². The van der Waals surface area contributed by atoms with Gasteiger partial charge in [0.05, 0.1) is 22.2 Å². The second-order valence-electron chi connectivity index (χ2n) is 13.3. The fourth-order valence-electron chi connectivity index (χ4n) is 8.08. The van der Waals surface area contributed by atoms with Crippen molar-refractivity contribution >= 4 is 91.3 Å². The molecule has 0 N–H and O–H groups in total. The van der Waals surface area contributed by atoms with Crippen LogP contribution in [0.2, 0.25) is 0 Å². The van der Waals surface area contributed by atoms with Crippen molar-refractivity contribution in [2.75, 3.05) is 0 Å². The number of rotatable bonds is 3. The number of allylic oxidation sites excluding steroid dienone is 4.